The lowest BCUT2D eigenvalue weighted by Crippen LogP contribution is -2.21. The number of benzene rings is 2. The number of ketones is 1. The minimum absolute atomic E-state index is 0.0297. The molecule has 0 fully saturated rings. The summed E-state index contributed by atoms with van der Waals surface area (Å²) in [5.74, 6) is -0.225. The Bertz CT molecular complexity index is 1050. The summed E-state index contributed by atoms with van der Waals surface area (Å²) in [6, 6.07) is 8.05. The Labute approximate surface area is 194 Å². The molecule has 2 rings (SSSR count). The summed E-state index contributed by atoms with van der Waals surface area (Å²) < 4.78 is 13.3. The van der Waals surface area contributed by atoms with Gasteiger partial charge in [-0.05, 0) is 78.8 Å². The molecule has 0 aliphatic carbocycles. The average Bonchev–Trinajstić information content (AvgIpc) is 2.63. The molecule has 2 aromatic rings. The zero-order chi connectivity index (χ0) is 24.8. The molecular weight excluding hydrogens is 415 g/mol. The van der Waals surface area contributed by atoms with Crippen molar-refractivity contribution in [1.82, 2.24) is 0 Å². The van der Waals surface area contributed by atoms with Crippen molar-refractivity contribution >= 4 is 19.1 Å². The fourth-order valence-corrected chi connectivity index (χ4v) is 5.39. The monoisotopic (exact) mass is 453 g/mol. The lowest BCUT2D eigenvalue weighted by atomic mass is 9.83. The van der Waals surface area contributed by atoms with Gasteiger partial charge in [0.15, 0.2) is 13.6 Å². The molecular formula is C28H38O3P. The molecule has 1 radical (unpaired) electrons. The molecule has 0 amide bonds. The summed E-state index contributed by atoms with van der Waals surface area (Å²) in [6.45, 7) is 22.0. The van der Waals surface area contributed by atoms with Crippen molar-refractivity contribution in [3.8, 4) is 0 Å². The van der Waals surface area contributed by atoms with Crippen LogP contribution in [0, 0.1) is 27.7 Å². The van der Waals surface area contributed by atoms with Crippen LogP contribution in [0.25, 0.3) is 0 Å². The van der Waals surface area contributed by atoms with Gasteiger partial charge >= 0.3 is 0 Å². The molecule has 4 heteroatoms. The Morgan fingerprint density at radius 3 is 1.31 bits per heavy atom. The van der Waals surface area contributed by atoms with Crippen molar-refractivity contribution in [1.29, 1.82) is 0 Å². The van der Waals surface area contributed by atoms with Gasteiger partial charge < -0.3 is 0 Å². The van der Waals surface area contributed by atoms with Crippen LogP contribution in [0.1, 0.15) is 103 Å². The van der Waals surface area contributed by atoms with Crippen molar-refractivity contribution in [2.75, 3.05) is 0 Å². The average molecular weight is 454 g/mol. The Balaban J connectivity index is 2.41. The molecule has 3 nitrogen and oxygen atoms in total. The third-order valence-electron chi connectivity index (χ3n) is 6.19. The lowest BCUT2D eigenvalue weighted by molar-refractivity contribution is 0.0981. The zero-order valence-electron chi connectivity index (χ0n) is 21.6. The zero-order valence-corrected chi connectivity index (χ0v) is 22.5. The molecule has 0 N–H and O–H groups in total. The summed E-state index contributed by atoms with van der Waals surface area (Å²) in [6.07, 6.45) is 0. The maximum atomic E-state index is 13.3. The predicted octanol–water partition coefficient (Wildman–Crippen LogP) is 7.75. The van der Waals surface area contributed by atoms with E-state index in [1.165, 1.54) is 0 Å². The molecule has 173 valence electrons. The van der Waals surface area contributed by atoms with Crippen LogP contribution in [-0.2, 0) is 15.4 Å². The SMILES string of the molecule is Cc1cc(C(C)(C)C)cc(C)c1C(=O)C(C)[P](=O)C(=O)c1c(C)cc(C(C)(C)C)cc1C. The van der Waals surface area contributed by atoms with Crippen molar-refractivity contribution in [2.24, 2.45) is 0 Å². The predicted molar refractivity (Wildman–Crippen MR) is 135 cm³/mol. The maximum Gasteiger partial charge on any atom is 0.243 e. The van der Waals surface area contributed by atoms with E-state index in [0.29, 0.717) is 11.1 Å². The van der Waals surface area contributed by atoms with E-state index >= 15 is 0 Å². The molecule has 32 heavy (non-hydrogen) atoms. The van der Waals surface area contributed by atoms with Gasteiger partial charge in [-0.15, -0.1) is 0 Å². The van der Waals surface area contributed by atoms with E-state index in [1.807, 2.05) is 52.0 Å². The van der Waals surface area contributed by atoms with E-state index in [4.69, 9.17) is 0 Å². The van der Waals surface area contributed by atoms with Crippen LogP contribution in [0.5, 0.6) is 0 Å². The second kappa shape index (κ2) is 9.02. The van der Waals surface area contributed by atoms with E-state index in [0.717, 1.165) is 33.4 Å². The van der Waals surface area contributed by atoms with Crippen LogP contribution in [-0.4, -0.2) is 17.0 Å². The number of carbonyl (C=O) groups excluding carboxylic acids is 2. The molecule has 0 heterocycles. The third kappa shape index (κ3) is 5.26. The summed E-state index contributed by atoms with van der Waals surface area (Å²) in [5.41, 5.74) is 5.32. The van der Waals surface area contributed by atoms with Gasteiger partial charge in [-0.1, -0.05) is 65.8 Å². The van der Waals surface area contributed by atoms with E-state index < -0.39 is 19.0 Å². The third-order valence-corrected chi connectivity index (χ3v) is 7.75. The number of hydrogen-bond acceptors (Lipinski definition) is 3. The van der Waals surface area contributed by atoms with E-state index in [-0.39, 0.29) is 16.6 Å². The minimum Gasteiger partial charge on any atom is -0.293 e. The van der Waals surface area contributed by atoms with Gasteiger partial charge in [-0.3, -0.25) is 14.2 Å². The van der Waals surface area contributed by atoms with Crippen LogP contribution in [0.3, 0.4) is 0 Å². The molecule has 0 aromatic heterocycles. The topological polar surface area (TPSA) is 51.2 Å². The Hall–Kier alpha value is -2.12. The summed E-state index contributed by atoms with van der Waals surface area (Å²) in [5, 5.41) is 0. The first kappa shape index (κ1) is 26.1. The number of hydrogen-bond donors (Lipinski definition) is 0. The number of carbonyl (C=O) groups is 2. The normalized spacial score (nSPS) is 13.7. The molecule has 0 spiro atoms. The molecule has 0 aliphatic rings. The largest absolute Gasteiger partial charge is 0.293 e. The van der Waals surface area contributed by atoms with E-state index in [1.54, 1.807) is 6.92 Å². The van der Waals surface area contributed by atoms with Gasteiger partial charge in [0.1, 0.15) is 0 Å². The molecule has 0 saturated carbocycles. The van der Waals surface area contributed by atoms with Crippen molar-refractivity contribution in [2.45, 2.75) is 92.7 Å². The van der Waals surface area contributed by atoms with Crippen LogP contribution in [0.15, 0.2) is 24.3 Å². The first-order chi connectivity index (χ1) is 14.5. The summed E-state index contributed by atoms with van der Waals surface area (Å²) in [4.78, 5) is 26.6. The highest BCUT2D eigenvalue weighted by Crippen LogP contribution is 2.39. The second-order valence-corrected chi connectivity index (χ2v) is 13.0. The van der Waals surface area contributed by atoms with Crippen molar-refractivity contribution in [3.05, 3.63) is 68.8 Å². The number of aryl methyl sites for hydroxylation is 4. The van der Waals surface area contributed by atoms with Crippen LogP contribution >= 0.6 is 7.80 Å². The van der Waals surface area contributed by atoms with Gasteiger partial charge in [0.05, 0.1) is 5.66 Å². The van der Waals surface area contributed by atoms with Gasteiger partial charge in [0.25, 0.3) is 0 Å². The minimum atomic E-state index is -2.41. The Kier molecular flexibility index (Phi) is 7.37. The summed E-state index contributed by atoms with van der Waals surface area (Å²) >= 11 is 0. The number of rotatable bonds is 5. The fraction of sp³-hybridized carbons (Fsp3) is 0.500. The quantitative estimate of drug-likeness (QED) is 0.343. The second-order valence-electron chi connectivity index (χ2n) is 11.1. The van der Waals surface area contributed by atoms with Gasteiger partial charge in [-0.25, -0.2) is 0 Å². The molecule has 0 aliphatic heterocycles. The molecule has 0 saturated heterocycles. The van der Waals surface area contributed by atoms with Gasteiger partial charge in [0, 0.05) is 11.1 Å². The van der Waals surface area contributed by atoms with Crippen molar-refractivity contribution < 1.29 is 14.2 Å². The molecule has 2 aromatic carbocycles. The first-order valence-electron chi connectivity index (χ1n) is 11.2. The number of Topliss-reactive ketones (excluding diaryl/α,β-unsaturated/α-hetero) is 1. The smallest absolute Gasteiger partial charge is 0.243 e. The van der Waals surface area contributed by atoms with Gasteiger partial charge in [-0.2, -0.15) is 0 Å². The maximum absolute atomic E-state index is 13.3. The standard InChI is InChI=1S/C28H38O3P/c1-16-12-21(27(6,7)8)13-17(2)23(16)25(29)20(5)32(31)26(30)24-18(3)14-22(15-19(24)4)28(9,10)11/h12-15,20H,1-11H3. The van der Waals surface area contributed by atoms with Crippen LogP contribution in [0.4, 0.5) is 0 Å². The summed E-state index contributed by atoms with van der Waals surface area (Å²) in [7, 11) is -2.41. The molecule has 0 bridgehead atoms. The lowest BCUT2D eigenvalue weighted by Gasteiger charge is -2.23. The highest BCUT2D eigenvalue weighted by Gasteiger charge is 2.32. The van der Waals surface area contributed by atoms with E-state index in [2.05, 4.69) is 41.5 Å². The highest BCUT2D eigenvalue weighted by molar-refractivity contribution is 7.66. The van der Waals surface area contributed by atoms with Crippen LogP contribution < -0.4 is 0 Å². The van der Waals surface area contributed by atoms with Gasteiger partial charge in [0.2, 0.25) is 5.52 Å². The van der Waals surface area contributed by atoms with Crippen LogP contribution in [0.2, 0.25) is 0 Å². The van der Waals surface area contributed by atoms with E-state index in [9.17, 15) is 14.2 Å². The Morgan fingerprint density at radius 2 is 1.00 bits per heavy atom. The van der Waals surface area contributed by atoms with Crippen molar-refractivity contribution in [3.63, 3.8) is 0 Å². The first-order valence-corrected chi connectivity index (χ1v) is 12.6. The molecule has 2 atom stereocenters. The Morgan fingerprint density at radius 1 is 0.688 bits per heavy atom. The highest BCUT2D eigenvalue weighted by atomic mass is 31.1. The molecule has 2 unspecified atom stereocenters. The fourth-order valence-electron chi connectivity index (χ4n) is 4.12.